The molecule has 4 heterocycles. The van der Waals surface area contributed by atoms with Crippen LogP contribution in [0.2, 0.25) is 0 Å². The molecule has 0 N–H and O–H groups in total. The molecule has 0 saturated carbocycles. The van der Waals surface area contributed by atoms with E-state index in [2.05, 4.69) is 253 Å². The number of thiophene rings is 2. The van der Waals surface area contributed by atoms with E-state index in [0.29, 0.717) is 0 Å². The fourth-order valence-corrected chi connectivity index (χ4v) is 12.9. The highest BCUT2D eigenvalue weighted by Crippen LogP contribution is 2.45. The molecule has 14 rings (SSSR count). The van der Waals surface area contributed by atoms with E-state index in [9.17, 15) is 0 Å². The summed E-state index contributed by atoms with van der Waals surface area (Å²) >= 11 is 3.63. The molecule has 7 heteroatoms. The second-order valence-electron chi connectivity index (χ2n) is 18.6. The summed E-state index contributed by atoms with van der Waals surface area (Å²) in [5, 5.41) is 8.11. The van der Waals surface area contributed by atoms with Crippen molar-refractivity contribution in [3.05, 3.63) is 259 Å². The topological polar surface area (TPSA) is 36.0 Å². The largest absolute Gasteiger partial charge is 0.456 e. The number of hydrogen-bond acceptors (Lipinski definition) is 7. The Bertz CT molecular complexity index is 4490. The monoisotopic (exact) mass is 987 g/mol. The highest BCUT2D eigenvalue weighted by atomic mass is 32.1. The smallest absolute Gasteiger partial charge is 0.137 e. The number of anilines is 8. The average Bonchev–Trinajstić information content (AvgIpc) is 4.22. The average molecular weight is 988 g/mol. The summed E-state index contributed by atoms with van der Waals surface area (Å²) in [6, 6.07) is 81.8. The molecule has 0 atom stereocenters. The van der Waals surface area contributed by atoms with E-state index in [4.69, 9.17) is 8.83 Å². The van der Waals surface area contributed by atoms with Gasteiger partial charge in [-0.3, -0.25) is 0 Å². The van der Waals surface area contributed by atoms with Crippen LogP contribution >= 0.6 is 22.7 Å². The van der Waals surface area contributed by atoms with Crippen molar-refractivity contribution in [2.75, 3.05) is 14.7 Å². The van der Waals surface area contributed by atoms with Gasteiger partial charge in [0.25, 0.3) is 0 Å². The molecule has 0 aliphatic carbocycles. The first kappa shape index (κ1) is 43.6. The number of allylic oxidation sites excluding steroid dienone is 1. The van der Waals surface area contributed by atoms with Crippen LogP contribution in [0.4, 0.5) is 45.5 Å². The Morgan fingerprint density at radius 1 is 0.365 bits per heavy atom. The molecule has 0 aliphatic rings. The van der Waals surface area contributed by atoms with Crippen LogP contribution in [0.15, 0.2) is 258 Å². The molecule has 0 aliphatic heterocycles. The lowest BCUT2D eigenvalue weighted by molar-refractivity contribution is 0.668. The minimum atomic E-state index is 0.810. The van der Waals surface area contributed by atoms with Crippen molar-refractivity contribution in [2.24, 2.45) is 0 Å². The maximum Gasteiger partial charge on any atom is 0.137 e. The van der Waals surface area contributed by atoms with E-state index in [1.54, 1.807) is 11.3 Å². The highest BCUT2D eigenvalue weighted by molar-refractivity contribution is 7.25. The zero-order chi connectivity index (χ0) is 49.3. The number of fused-ring (bicyclic) bond motifs is 10. The summed E-state index contributed by atoms with van der Waals surface area (Å²) in [5.41, 5.74) is 14.0. The van der Waals surface area contributed by atoms with E-state index in [1.807, 2.05) is 29.5 Å². The summed E-state index contributed by atoms with van der Waals surface area (Å²) in [6.45, 7) is 6.63. The van der Waals surface area contributed by atoms with Gasteiger partial charge in [0.2, 0.25) is 0 Å². The van der Waals surface area contributed by atoms with E-state index >= 15 is 0 Å². The number of furan rings is 2. The quantitative estimate of drug-likeness (QED) is 0.121. The van der Waals surface area contributed by atoms with Gasteiger partial charge in [-0.05, 0) is 151 Å². The number of benzene rings is 10. The molecule has 0 spiro atoms. The van der Waals surface area contributed by atoms with Gasteiger partial charge in [0.05, 0.1) is 0 Å². The van der Waals surface area contributed by atoms with Crippen molar-refractivity contribution in [3.63, 3.8) is 0 Å². The van der Waals surface area contributed by atoms with Gasteiger partial charge in [-0.2, -0.15) is 0 Å². The molecule has 0 amide bonds. The predicted octanol–water partition coefficient (Wildman–Crippen LogP) is 20.7. The summed E-state index contributed by atoms with van der Waals surface area (Å²) < 4.78 is 16.9. The third kappa shape index (κ3) is 7.44. The molecule has 0 unspecified atom stereocenters. The van der Waals surface area contributed by atoms with Crippen LogP contribution in [-0.4, -0.2) is 0 Å². The van der Waals surface area contributed by atoms with Crippen LogP contribution in [-0.2, 0) is 0 Å². The number of rotatable bonds is 11. The first-order valence-electron chi connectivity index (χ1n) is 24.7. The summed E-state index contributed by atoms with van der Waals surface area (Å²) in [4.78, 5) is 8.09. The lowest BCUT2D eigenvalue weighted by atomic mass is 10.1. The molecule has 10 aromatic carbocycles. The number of nitrogens with zero attached hydrogens (tertiary/aromatic N) is 3. The van der Waals surface area contributed by atoms with Crippen molar-refractivity contribution in [1.82, 2.24) is 0 Å². The Labute approximate surface area is 435 Å². The lowest BCUT2D eigenvalue weighted by Crippen LogP contribution is -2.14. The lowest BCUT2D eigenvalue weighted by Gasteiger charge is -2.26. The standard InChI is InChI=1S/C67H45N3O2S2/c1-3-44(41-66-43(2)58-37-49(31-36-65(58)73-66)69(46-19-9-5-10-20-46)51-27-32-54-53-23-13-15-25-60(53)71-62(54)40-51)68(45-17-7-4-8-18-45)50-28-33-55-59-38-48(30-35-61(59)72-63(55)39-50)70(47-21-11-6-12-22-47)52-29-34-57-56-24-14-16-26-64(56)74-67(57)42-52/h3-42H,1H2,2H3/b44-41+. The zero-order valence-corrected chi connectivity index (χ0v) is 41.9. The second kappa shape index (κ2) is 17.9. The Morgan fingerprint density at radius 2 is 0.838 bits per heavy atom. The SMILES string of the molecule is C=C/C(=C\c1sc2ccc(N(c3ccccc3)c3ccc4c(c3)oc3ccccc34)cc2c1C)N(c1ccccc1)c1ccc2c(c1)oc1ccc(N(c3ccccc3)c3ccc4c(c3)sc3ccccc34)cc12. The van der Waals surface area contributed by atoms with Crippen molar-refractivity contribution in [2.45, 2.75) is 6.92 Å². The van der Waals surface area contributed by atoms with E-state index in [1.165, 1.54) is 35.8 Å². The third-order valence-electron chi connectivity index (χ3n) is 14.2. The van der Waals surface area contributed by atoms with Crippen molar-refractivity contribution < 1.29 is 8.83 Å². The molecule has 4 aromatic heterocycles. The van der Waals surface area contributed by atoms with Crippen molar-refractivity contribution in [3.8, 4) is 0 Å². The van der Waals surface area contributed by atoms with E-state index in [-0.39, 0.29) is 0 Å². The normalized spacial score (nSPS) is 12.0. The van der Waals surface area contributed by atoms with Gasteiger partial charge in [0.15, 0.2) is 0 Å². The second-order valence-corrected chi connectivity index (χ2v) is 20.7. The van der Waals surface area contributed by atoms with Crippen LogP contribution in [0.1, 0.15) is 10.4 Å². The van der Waals surface area contributed by atoms with Gasteiger partial charge in [-0.25, -0.2) is 0 Å². The van der Waals surface area contributed by atoms with Gasteiger partial charge < -0.3 is 23.5 Å². The van der Waals surface area contributed by atoms with Crippen LogP contribution in [0.3, 0.4) is 0 Å². The molecular weight excluding hydrogens is 943 g/mol. The number of aryl methyl sites for hydroxylation is 1. The first-order valence-corrected chi connectivity index (χ1v) is 26.4. The fraction of sp³-hybridized carbons (Fsp3) is 0.0149. The molecule has 74 heavy (non-hydrogen) atoms. The summed E-state index contributed by atoms with van der Waals surface area (Å²) in [6.07, 6.45) is 4.23. The van der Waals surface area contributed by atoms with Crippen LogP contribution in [0, 0.1) is 6.92 Å². The van der Waals surface area contributed by atoms with Gasteiger partial charge in [-0.15, -0.1) is 22.7 Å². The molecule has 5 nitrogen and oxygen atoms in total. The molecule has 0 fully saturated rings. The van der Waals surface area contributed by atoms with Crippen molar-refractivity contribution in [1.29, 1.82) is 0 Å². The minimum absolute atomic E-state index is 0.810. The predicted molar refractivity (Wildman–Crippen MR) is 317 cm³/mol. The van der Waals surface area contributed by atoms with Crippen molar-refractivity contribution >= 4 is 148 Å². The Morgan fingerprint density at radius 3 is 1.54 bits per heavy atom. The fourth-order valence-electron chi connectivity index (χ4n) is 10.7. The molecule has 352 valence electrons. The Balaban J connectivity index is 0.837. The Kier molecular flexibility index (Phi) is 10.5. The third-order valence-corrected chi connectivity index (χ3v) is 16.6. The molecule has 0 bridgehead atoms. The first-order chi connectivity index (χ1) is 36.5. The summed E-state index contributed by atoms with van der Waals surface area (Å²) in [5.74, 6) is 0. The van der Waals surface area contributed by atoms with Gasteiger partial charge in [-0.1, -0.05) is 104 Å². The summed E-state index contributed by atoms with van der Waals surface area (Å²) in [7, 11) is 0. The Hall–Kier alpha value is -9.14. The molecule has 0 radical (unpaired) electrons. The van der Waals surface area contributed by atoms with Crippen LogP contribution < -0.4 is 14.7 Å². The maximum atomic E-state index is 6.74. The molecular formula is C67H45N3O2S2. The van der Waals surface area contributed by atoms with Gasteiger partial charge >= 0.3 is 0 Å². The van der Waals surface area contributed by atoms with Gasteiger partial charge in [0.1, 0.15) is 22.3 Å². The number of hydrogen-bond donors (Lipinski definition) is 0. The van der Waals surface area contributed by atoms with E-state index < -0.39 is 0 Å². The van der Waals surface area contributed by atoms with Gasteiger partial charge in [0, 0.05) is 115 Å². The zero-order valence-electron chi connectivity index (χ0n) is 40.3. The van der Waals surface area contributed by atoms with E-state index in [0.717, 1.165) is 100.0 Å². The molecule has 14 aromatic rings. The van der Waals surface area contributed by atoms with Crippen LogP contribution in [0.5, 0.6) is 0 Å². The maximum absolute atomic E-state index is 6.74. The minimum Gasteiger partial charge on any atom is -0.456 e. The number of para-hydroxylation sites is 4. The highest BCUT2D eigenvalue weighted by Gasteiger charge is 2.22. The molecule has 0 saturated heterocycles. The van der Waals surface area contributed by atoms with Crippen LogP contribution in [0.25, 0.3) is 80.2 Å².